The summed E-state index contributed by atoms with van der Waals surface area (Å²) in [5.41, 5.74) is 2.56. The van der Waals surface area contributed by atoms with Crippen molar-refractivity contribution in [2.75, 3.05) is 59.5 Å². The Bertz CT molecular complexity index is 1180. The molecular formula is C27H30N4O5. The zero-order valence-corrected chi connectivity index (χ0v) is 20.9. The highest BCUT2D eigenvalue weighted by molar-refractivity contribution is 5.92. The Morgan fingerprint density at radius 2 is 1.47 bits per heavy atom. The fourth-order valence-electron chi connectivity index (χ4n) is 4.04. The van der Waals surface area contributed by atoms with Crippen molar-refractivity contribution in [3.8, 4) is 34.3 Å². The Hall–Kier alpha value is -4.27. The van der Waals surface area contributed by atoms with Crippen molar-refractivity contribution in [3.05, 3.63) is 60.2 Å². The molecule has 188 valence electrons. The van der Waals surface area contributed by atoms with E-state index in [9.17, 15) is 4.79 Å². The van der Waals surface area contributed by atoms with Crippen LogP contribution < -0.4 is 23.8 Å². The monoisotopic (exact) mass is 490 g/mol. The van der Waals surface area contributed by atoms with Gasteiger partial charge in [0.2, 0.25) is 11.7 Å². The maximum Gasteiger partial charge on any atom is 0.246 e. The molecule has 9 nitrogen and oxygen atoms in total. The van der Waals surface area contributed by atoms with Crippen molar-refractivity contribution >= 4 is 17.8 Å². The number of carbonyl (C=O) groups excluding carboxylic acids is 1. The molecule has 1 amide bonds. The molecule has 0 saturated carbocycles. The highest BCUT2D eigenvalue weighted by Gasteiger charge is 2.21. The Kier molecular flexibility index (Phi) is 7.89. The van der Waals surface area contributed by atoms with Gasteiger partial charge in [-0.25, -0.2) is 0 Å². The second-order valence-corrected chi connectivity index (χ2v) is 8.11. The second kappa shape index (κ2) is 11.4. The molecule has 2 aromatic carbocycles. The van der Waals surface area contributed by atoms with Gasteiger partial charge < -0.3 is 28.7 Å². The lowest BCUT2D eigenvalue weighted by Crippen LogP contribution is -2.48. The predicted molar refractivity (Wildman–Crippen MR) is 138 cm³/mol. The fourth-order valence-corrected chi connectivity index (χ4v) is 4.04. The summed E-state index contributed by atoms with van der Waals surface area (Å²) in [4.78, 5) is 16.8. The van der Waals surface area contributed by atoms with Crippen molar-refractivity contribution in [2.24, 2.45) is 0 Å². The first-order valence-electron chi connectivity index (χ1n) is 11.6. The van der Waals surface area contributed by atoms with Gasteiger partial charge in [0, 0.05) is 37.8 Å². The van der Waals surface area contributed by atoms with E-state index in [1.165, 1.54) is 0 Å². The van der Waals surface area contributed by atoms with Gasteiger partial charge in [-0.3, -0.25) is 4.79 Å². The maximum atomic E-state index is 12.8. The van der Waals surface area contributed by atoms with E-state index in [1.807, 2.05) is 41.3 Å². The van der Waals surface area contributed by atoms with Crippen LogP contribution in [0.1, 0.15) is 5.56 Å². The number of amides is 1. The standard InChI is InChI=1S/C27H30N4O5/c1-33-21-8-6-20(7-9-21)22-10-11-25(29-28-22)30-13-15-31(16-14-30)26(32)12-5-19-17-23(34-2)27(36-4)24(18-19)35-3/h5-12,17-18H,13-16H2,1-4H3/b12-5+. The lowest BCUT2D eigenvalue weighted by molar-refractivity contribution is -0.126. The molecular weight excluding hydrogens is 460 g/mol. The van der Waals surface area contributed by atoms with Crippen LogP contribution in [0.4, 0.5) is 5.82 Å². The number of benzene rings is 2. The van der Waals surface area contributed by atoms with Gasteiger partial charge in [0.1, 0.15) is 5.75 Å². The third-order valence-electron chi connectivity index (χ3n) is 6.06. The van der Waals surface area contributed by atoms with Gasteiger partial charge in [-0.2, -0.15) is 0 Å². The van der Waals surface area contributed by atoms with Crippen LogP contribution in [0.3, 0.4) is 0 Å². The topological polar surface area (TPSA) is 86.3 Å². The fraction of sp³-hybridized carbons (Fsp3) is 0.296. The van der Waals surface area contributed by atoms with E-state index < -0.39 is 0 Å². The van der Waals surface area contributed by atoms with Gasteiger partial charge >= 0.3 is 0 Å². The maximum absolute atomic E-state index is 12.8. The summed E-state index contributed by atoms with van der Waals surface area (Å²) in [6, 6.07) is 15.2. The Labute approximate surface area is 210 Å². The molecule has 0 atom stereocenters. The van der Waals surface area contributed by atoms with Crippen molar-refractivity contribution < 1.29 is 23.7 Å². The zero-order valence-electron chi connectivity index (χ0n) is 20.9. The van der Waals surface area contributed by atoms with Crippen molar-refractivity contribution in [3.63, 3.8) is 0 Å². The SMILES string of the molecule is COc1ccc(-c2ccc(N3CCN(C(=O)/C=C/c4cc(OC)c(OC)c(OC)c4)CC3)nn2)cc1. The lowest BCUT2D eigenvalue weighted by atomic mass is 10.1. The molecule has 1 aromatic heterocycles. The van der Waals surface area contributed by atoms with Gasteiger partial charge in [-0.15, -0.1) is 10.2 Å². The molecule has 0 bridgehead atoms. The number of hydrogen-bond donors (Lipinski definition) is 0. The Morgan fingerprint density at radius 1 is 0.806 bits per heavy atom. The molecule has 2 heterocycles. The highest BCUT2D eigenvalue weighted by Crippen LogP contribution is 2.38. The van der Waals surface area contributed by atoms with Gasteiger partial charge in [0.15, 0.2) is 17.3 Å². The van der Waals surface area contributed by atoms with Gasteiger partial charge in [-0.1, -0.05) is 0 Å². The number of piperazine rings is 1. The molecule has 9 heteroatoms. The number of ether oxygens (including phenoxy) is 4. The average molecular weight is 491 g/mol. The first-order valence-corrected chi connectivity index (χ1v) is 11.6. The number of anilines is 1. The largest absolute Gasteiger partial charge is 0.497 e. The van der Waals surface area contributed by atoms with Crippen molar-refractivity contribution in [2.45, 2.75) is 0 Å². The summed E-state index contributed by atoms with van der Waals surface area (Å²) < 4.78 is 21.3. The third-order valence-corrected chi connectivity index (χ3v) is 6.06. The van der Waals surface area contributed by atoms with E-state index in [0.29, 0.717) is 43.4 Å². The first-order chi connectivity index (χ1) is 17.6. The van der Waals surface area contributed by atoms with E-state index in [0.717, 1.165) is 28.4 Å². The summed E-state index contributed by atoms with van der Waals surface area (Å²) in [6.07, 6.45) is 3.32. The van der Waals surface area contributed by atoms with E-state index in [1.54, 1.807) is 52.7 Å². The summed E-state index contributed by atoms with van der Waals surface area (Å²) in [6.45, 7) is 2.56. The van der Waals surface area contributed by atoms with Crippen LogP contribution in [0.25, 0.3) is 17.3 Å². The molecule has 36 heavy (non-hydrogen) atoms. The van der Waals surface area contributed by atoms with E-state index in [2.05, 4.69) is 15.1 Å². The summed E-state index contributed by atoms with van der Waals surface area (Å²) >= 11 is 0. The molecule has 1 saturated heterocycles. The van der Waals surface area contributed by atoms with Crippen LogP contribution in [0.2, 0.25) is 0 Å². The molecule has 1 aliphatic heterocycles. The van der Waals surface area contributed by atoms with E-state index >= 15 is 0 Å². The molecule has 0 N–H and O–H groups in total. The third kappa shape index (κ3) is 5.51. The number of nitrogens with zero attached hydrogens (tertiary/aromatic N) is 4. The smallest absolute Gasteiger partial charge is 0.246 e. The van der Waals surface area contributed by atoms with Crippen LogP contribution in [0.5, 0.6) is 23.0 Å². The molecule has 1 fully saturated rings. The normalized spacial score (nSPS) is 13.6. The molecule has 0 aliphatic carbocycles. The molecule has 4 rings (SSSR count). The van der Waals surface area contributed by atoms with Gasteiger partial charge in [0.25, 0.3) is 0 Å². The minimum Gasteiger partial charge on any atom is -0.497 e. The number of carbonyl (C=O) groups is 1. The van der Waals surface area contributed by atoms with Crippen molar-refractivity contribution in [1.82, 2.24) is 15.1 Å². The minimum absolute atomic E-state index is 0.0515. The second-order valence-electron chi connectivity index (χ2n) is 8.11. The van der Waals surface area contributed by atoms with E-state index in [4.69, 9.17) is 18.9 Å². The van der Waals surface area contributed by atoms with Gasteiger partial charge in [0.05, 0.1) is 34.1 Å². The lowest BCUT2D eigenvalue weighted by Gasteiger charge is -2.34. The van der Waals surface area contributed by atoms with Crippen LogP contribution in [0.15, 0.2) is 54.6 Å². The Morgan fingerprint density at radius 3 is 2.00 bits per heavy atom. The Balaban J connectivity index is 1.35. The summed E-state index contributed by atoms with van der Waals surface area (Å²) in [5.74, 6) is 3.14. The molecule has 0 spiro atoms. The molecule has 1 aliphatic rings. The quantitative estimate of drug-likeness (QED) is 0.443. The number of rotatable bonds is 8. The summed E-state index contributed by atoms with van der Waals surface area (Å²) in [7, 11) is 6.32. The summed E-state index contributed by atoms with van der Waals surface area (Å²) in [5, 5.41) is 8.79. The number of aromatic nitrogens is 2. The number of methoxy groups -OCH3 is 4. The molecule has 0 unspecified atom stereocenters. The van der Waals surface area contributed by atoms with Crippen LogP contribution in [-0.2, 0) is 4.79 Å². The van der Waals surface area contributed by atoms with Crippen LogP contribution in [-0.4, -0.2) is 75.6 Å². The molecule has 3 aromatic rings. The van der Waals surface area contributed by atoms with E-state index in [-0.39, 0.29) is 5.91 Å². The zero-order chi connectivity index (χ0) is 25.5. The van der Waals surface area contributed by atoms with Crippen molar-refractivity contribution in [1.29, 1.82) is 0 Å². The molecule has 0 radical (unpaired) electrons. The predicted octanol–water partition coefficient (Wildman–Crippen LogP) is 3.54. The van der Waals surface area contributed by atoms with Crippen LogP contribution >= 0.6 is 0 Å². The first kappa shape index (κ1) is 24.8. The average Bonchev–Trinajstić information content (AvgIpc) is 2.95. The minimum atomic E-state index is -0.0515. The number of hydrogen-bond acceptors (Lipinski definition) is 8. The van der Waals surface area contributed by atoms with Crippen LogP contribution in [0, 0.1) is 0 Å². The highest BCUT2D eigenvalue weighted by atomic mass is 16.5. The van der Waals surface area contributed by atoms with Gasteiger partial charge in [-0.05, 0) is 60.2 Å².